The summed E-state index contributed by atoms with van der Waals surface area (Å²) >= 11 is 5.14. The number of rotatable bonds is 4. The lowest BCUT2D eigenvalue weighted by Gasteiger charge is -2.02. The minimum atomic E-state index is 0.889. The fourth-order valence-electron chi connectivity index (χ4n) is 2.61. The second-order valence-electron chi connectivity index (χ2n) is 5.56. The van der Waals surface area contributed by atoms with E-state index in [9.17, 15) is 0 Å². The van der Waals surface area contributed by atoms with Gasteiger partial charge in [-0.25, -0.2) is 4.98 Å². The molecule has 4 heteroatoms. The Bertz CT molecular complexity index is 907. The molecule has 0 amide bonds. The van der Waals surface area contributed by atoms with Gasteiger partial charge in [0.05, 0.1) is 10.6 Å². The zero-order valence-corrected chi connectivity index (χ0v) is 15.7. The van der Waals surface area contributed by atoms with Crippen molar-refractivity contribution < 1.29 is 0 Å². The summed E-state index contributed by atoms with van der Waals surface area (Å²) < 4.78 is 1.06. The van der Waals surface area contributed by atoms with Crippen molar-refractivity contribution in [3.05, 3.63) is 89.4 Å². The van der Waals surface area contributed by atoms with Gasteiger partial charge in [-0.15, -0.1) is 0 Å². The number of benzene rings is 3. The highest BCUT2D eigenvalue weighted by atomic mass is 79.9. The molecule has 0 radical (unpaired) electrons. The minimum absolute atomic E-state index is 0.889. The maximum atomic E-state index is 4.87. The van der Waals surface area contributed by atoms with Crippen molar-refractivity contribution in [2.24, 2.45) is 0 Å². The summed E-state index contributed by atoms with van der Waals surface area (Å²) in [6, 6.07) is 28.9. The smallest absolute Gasteiger partial charge is 0.188 e. The summed E-state index contributed by atoms with van der Waals surface area (Å²) in [5, 5.41) is 4.31. The Kier molecular flexibility index (Phi) is 4.63. The second-order valence-corrected chi connectivity index (χ2v) is 7.48. The van der Waals surface area contributed by atoms with Gasteiger partial charge in [-0.05, 0) is 29.8 Å². The van der Waals surface area contributed by atoms with E-state index >= 15 is 0 Å². The molecule has 0 aliphatic heterocycles. The Morgan fingerprint density at radius 3 is 1.96 bits per heavy atom. The molecule has 25 heavy (non-hydrogen) atoms. The van der Waals surface area contributed by atoms with Gasteiger partial charge in [-0.1, -0.05) is 87.9 Å². The molecular weight excluding hydrogens is 392 g/mol. The molecule has 4 rings (SSSR count). The number of nitrogens with zero attached hydrogens (tertiary/aromatic N) is 1. The molecule has 122 valence electrons. The summed E-state index contributed by atoms with van der Waals surface area (Å²) in [5.74, 6) is 0. The molecule has 0 aliphatic carbocycles. The first-order valence-electron chi connectivity index (χ1n) is 7.94. The van der Waals surface area contributed by atoms with Gasteiger partial charge in [-0.3, -0.25) is 0 Å². The lowest BCUT2D eigenvalue weighted by atomic mass is 10.1. The molecule has 0 atom stereocenters. The molecule has 2 nitrogen and oxygen atoms in total. The molecule has 0 aliphatic rings. The molecule has 1 heterocycles. The van der Waals surface area contributed by atoms with Gasteiger partial charge in [0.2, 0.25) is 0 Å². The van der Waals surface area contributed by atoms with E-state index in [-0.39, 0.29) is 0 Å². The number of anilines is 2. The van der Waals surface area contributed by atoms with Crippen LogP contribution in [0.1, 0.15) is 0 Å². The molecule has 0 bridgehead atoms. The maximum absolute atomic E-state index is 4.87. The summed E-state index contributed by atoms with van der Waals surface area (Å²) in [5.41, 5.74) is 4.34. The van der Waals surface area contributed by atoms with Gasteiger partial charge in [0.1, 0.15) is 0 Å². The molecule has 0 saturated carbocycles. The van der Waals surface area contributed by atoms with Crippen LogP contribution in [0, 0.1) is 0 Å². The molecule has 0 unspecified atom stereocenters. The third-order valence-corrected chi connectivity index (χ3v) is 5.35. The lowest BCUT2D eigenvalue weighted by molar-refractivity contribution is 1.38. The predicted molar refractivity (Wildman–Crippen MR) is 110 cm³/mol. The van der Waals surface area contributed by atoms with Gasteiger partial charge in [0.15, 0.2) is 5.13 Å². The van der Waals surface area contributed by atoms with E-state index < -0.39 is 0 Å². The van der Waals surface area contributed by atoms with Crippen LogP contribution in [0.5, 0.6) is 0 Å². The summed E-state index contributed by atoms with van der Waals surface area (Å²) in [4.78, 5) is 6.04. The third kappa shape index (κ3) is 3.65. The monoisotopic (exact) mass is 406 g/mol. The molecule has 4 aromatic rings. The van der Waals surface area contributed by atoms with Gasteiger partial charge in [-0.2, -0.15) is 0 Å². The Morgan fingerprint density at radius 2 is 1.32 bits per heavy atom. The van der Waals surface area contributed by atoms with Crippen molar-refractivity contribution in [2.45, 2.75) is 0 Å². The highest BCUT2D eigenvalue weighted by molar-refractivity contribution is 9.10. The normalized spacial score (nSPS) is 10.6. The fourth-order valence-corrected chi connectivity index (χ4v) is 3.88. The van der Waals surface area contributed by atoms with Crippen LogP contribution in [-0.2, 0) is 0 Å². The second kappa shape index (κ2) is 7.21. The van der Waals surface area contributed by atoms with Crippen molar-refractivity contribution in [1.82, 2.24) is 4.98 Å². The standard InChI is InChI=1S/C21H15BrN2S/c22-17-11-13-18(14-12-17)23-21-24-19(15-7-3-1-4-8-15)20(25-21)16-9-5-2-6-10-16/h1-14H,(H,23,24). The highest BCUT2D eigenvalue weighted by Crippen LogP contribution is 2.39. The average Bonchev–Trinajstić information content (AvgIpc) is 3.09. The predicted octanol–water partition coefficient (Wildman–Crippen LogP) is 6.98. The molecule has 1 N–H and O–H groups in total. The fraction of sp³-hybridized carbons (Fsp3) is 0. The molecule has 0 fully saturated rings. The third-order valence-electron chi connectivity index (χ3n) is 3.81. The van der Waals surface area contributed by atoms with Crippen LogP contribution in [-0.4, -0.2) is 4.98 Å². The first kappa shape index (κ1) is 16.1. The Labute approximate surface area is 159 Å². The number of halogens is 1. The quantitative estimate of drug-likeness (QED) is 0.395. The number of nitrogens with one attached hydrogen (secondary N) is 1. The number of thiazole rings is 1. The van der Waals surface area contributed by atoms with Crippen LogP contribution in [0.25, 0.3) is 21.7 Å². The zero-order chi connectivity index (χ0) is 17.1. The van der Waals surface area contributed by atoms with Gasteiger partial charge >= 0.3 is 0 Å². The molecular formula is C21H15BrN2S. The summed E-state index contributed by atoms with van der Waals surface area (Å²) in [6.45, 7) is 0. The van der Waals surface area contributed by atoms with Crippen LogP contribution in [0.4, 0.5) is 10.8 Å². The summed E-state index contributed by atoms with van der Waals surface area (Å²) in [7, 11) is 0. The summed E-state index contributed by atoms with van der Waals surface area (Å²) in [6.07, 6.45) is 0. The Hall–Kier alpha value is -2.43. The lowest BCUT2D eigenvalue weighted by Crippen LogP contribution is -1.89. The van der Waals surface area contributed by atoms with Crippen molar-refractivity contribution in [1.29, 1.82) is 0 Å². The molecule has 3 aromatic carbocycles. The van der Waals surface area contributed by atoms with E-state index in [1.165, 1.54) is 10.4 Å². The van der Waals surface area contributed by atoms with Gasteiger partial charge < -0.3 is 5.32 Å². The van der Waals surface area contributed by atoms with Crippen molar-refractivity contribution in [2.75, 3.05) is 5.32 Å². The van der Waals surface area contributed by atoms with E-state index in [0.717, 1.165) is 26.5 Å². The number of aromatic nitrogens is 1. The maximum Gasteiger partial charge on any atom is 0.188 e. The number of hydrogen-bond acceptors (Lipinski definition) is 3. The van der Waals surface area contributed by atoms with Crippen LogP contribution in [0.2, 0.25) is 0 Å². The van der Waals surface area contributed by atoms with Crippen molar-refractivity contribution in [3.8, 4) is 21.7 Å². The van der Waals surface area contributed by atoms with E-state index in [4.69, 9.17) is 4.98 Å². The van der Waals surface area contributed by atoms with E-state index in [1.807, 2.05) is 48.5 Å². The average molecular weight is 407 g/mol. The largest absolute Gasteiger partial charge is 0.332 e. The van der Waals surface area contributed by atoms with Crippen molar-refractivity contribution >= 4 is 38.1 Å². The van der Waals surface area contributed by atoms with E-state index in [1.54, 1.807) is 11.3 Å². The SMILES string of the molecule is Brc1ccc(Nc2nc(-c3ccccc3)c(-c3ccccc3)s2)cc1. The van der Waals surface area contributed by atoms with E-state index in [2.05, 4.69) is 57.6 Å². The van der Waals surface area contributed by atoms with Gasteiger partial charge in [0, 0.05) is 15.7 Å². The molecule has 0 saturated heterocycles. The van der Waals surface area contributed by atoms with Crippen LogP contribution in [0.15, 0.2) is 89.4 Å². The topological polar surface area (TPSA) is 24.9 Å². The zero-order valence-electron chi connectivity index (χ0n) is 13.3. The van der Waals surface area contributed by atoms with Crippen molar-refractivity contribution in [3.63, 3.8) is 0 Å². The molecule has 1 aromatic heterocycles. The Balaban J connectivity index is 1.77. The first-order valence-corrected chi connectivity index (χ1v) is 9.55. The molecule has 0 spiro atoms. The van der Waals surface area contributed by atoms with Crippen LogP contribution >= 0.6 is 27.3 Å². The highest BCUT2D eigenvalue weighted by Gasteiger charge is 2.14. The minimum Gasteiger partial charge on any atom is -0.332 e. The first-order chi connectivity index (χ1) is 12.3. The van der Waals surface area contributed by atoms with E-state index in [0.29, 0.717) is 0 Å². The van der Waals surface area contributed by atoms with Gasteiger partial charge in [0.25, 0.3) is 0 Å². The van der Waals surface area contributed by atoms with Crippen LogP contribution in [0.3, 0.4) is 0 Å². The number of hydrogen-bond donors (Lipinski definition) is 1. The van der Waals surface area contributed by atoms with Crippen LogP contribution < -0.4 is 5.32 Å². The Morgan fingerprint density at radius 1 is 0.720 bits per heavy atom.